The Hall–Kier alpha value is -1.15. The highest BCUT2D eigenvalue weighted by Gasteiger charge is 2.49. The molecule has 0 amide bonds. The van der Waals surface area contributed by atoms with Gasteiger partial charge in [-0.2, -0.15) is 0 Å². The van der Waals surface area contributed by atoms with Crippen molar-refractivity contribution >= 4 is 6.29 Å². The van der Waals surface area contributed by atoms with Crippen LogP contribution in [0.25, 0.3) is 0 Å². The zero-order valence-corrected chi connectivity index (χ0v) is 16.4. The summed E-state index contributed by atoms with van der Waals surface area (Å²) in [6.07, 6.45) is 17.5. The van der Waals surface area contributed by atoms with Gasteiger partial charge in [-0.25, -0.2) is 0 Å². The van der Waals surface area contributed by atoms with Crippen molar-refractivity contribution in [1.82, 2.24) is 0 Å². The van der Waals surface area contributed by atoms with Crippen LogP contribution < -0.4 is 0 Å². The average Bonchev–Trinajstić information content (AvgIpc) is 2.57. The topological polar surface area (TPSA) is 37.3 Å². The number of rotatable bonds is 6. The molecule has 2 bridgehead atoms. The molecule has 1 fully saturated rings. The molecule has 3 aliphatic carbocycles. The fourth-order valence-corrected chi connectivity index (χ4v) is 3.34. The molecule has 0 spiro atoms. The number of hydrogen-bond acceptors (Lipinski definition) is 2. The first-order valence-corrected chi connectivity index (χ1v) is 9.48. The van der Waals surface area contributed by atoms with Gasteiger partial charge in [0.25, 0.3) is 0 Å². The van der Waals surface area contributed by atoms with Crippen LogP contribution in [0.2, 0.25) is 0 Å². The molecule has 1 saturated carbocycles. The maximum Gasteiger partial charge on any atom is 0.142 e. The van der Waals surface area contributed by atoms with E-state index in [2.05, 4.69) is 46.8 Å². The van der Waals surface area contributed by atoms with Crippen molar-refractivity contribution in [1.29, 1.82) is 0 Å². The van der Waals surface area contributed by atoms with Crippen LogP contribution in [0.4, 0.5) is 0 Å². The summed E-state index contributed by atoms with van der Waals surface area (Å²) in [6.45, 7) is 11.6. The Morgan fingerprint density at radius 2 is 1.92 bits per heavy atom. The van der Waals surface area contributed by atoms with E-state index in [-0.39, 0.29) is 6.61 Å². The largest absolute Gasteiger partial charge is 0.396 e. The molecule has 2 unspecified atom stereocenters. The van der Waals surface area contributed by atoms with Gasteiger partial charge in [0.1, 0.15) is 6.29 Å². The number of allylic oxidation sites excluding steroid dienone is 5. The Bertz CT molecular complexity index is 416. The molecule has 2 heteroatoms. The normalized spacial score (nSPS) is 23.5. The summed E-state index contributed by atoms with van der Waals surface area (Å²) in [5.74, 6) is 1.92. The van der Waals surface area contributed by atoms with Crippen LogP contribution in [-0.4, -0.2) is 18.0 Å². The highest BCUT2D eigenvalue weighted by Crippen LogP contribution is 2.58. The van der Waals surface area contributed by atoms with Gasteiger partial charge in [0, 0.05) is 6.61 Å². The van der Waals surface area contributed by atoms with Crippen LogP contribution in [-0.2, 0) is 4.79 Å². The summed E-state index contributed by atoms with van der Waals surface area (Å²) in [4.78, 5) is 9.59. The molecule has 0 aromatic rings. The van der Waals surface area contributed by atoms with Crippen molar-refractivity contribution < 1.29 is 9.90 Å². The summed E-state index contributed by atoms with van der Waals surface area (Å²) >= 11 is 0. The molecule has 3 aliphatic rings. The maximum absolute atomic E-state index is 9.59. The third-order valence-electron chi connectivity index (χ3n) is 5.11. The lowest BCUT2D eigenvalue weighted by Gasteiger charge is -2.56. The summed E-state index contributed by atoms with van der Waals surface area (Å²) < 4.78 is 0. The van der Waals surface area contributed by atoms with E-state index < -0.39 is 0 Å². The van der Waals surface area contributed by atoms with E-state index in [0.29, 0.717) is 5.41 Å². The van der Waals surface area contributed by atoms with E-state index in [1.807, 2.05) is 12.2 Å². The van der Waals surface area contributed by atoms with Gasteiger partial charge < -0.3 is 5.11 Å². The average molecular weight is 335 g/mol. The Morgan fingerprint density at radius 1 is 1.21 bits per heavy atom. The van der Waals surface area contributed by atoms with Crippen LogP contribution in [0.5, 0.6) is 0 Å². The summed E-state index contributed by atoms with van der Waals surface area (Å²) in [5.41, 5.74) is 2.28. The lowest BCUT2D eigenvalue weighted by atomic mass is 9.49. The number of fused-ring (bicyclic) bond motifs is 1. The number of aliphatic hydroxyl groups excluding tert-OH is 1. The molecule has 2 nitrogen and oxygen atoms in total. The first-order chi connectivity index (χ1) is 11.4. The predicted octanol–water partition coefficient (Wildman–Crippen LogP) is 5.88. The third kappa shape index (κ3) is 8.10. The van der Waals surface area contributed by atoms with E-state index in [9.17, 15) is 4.79 Å². The summed E-state index contributed by atoms with van der Waals surface area (Å²) in [5, 5.41) is 8.24. The Kier molecular flexibility index (Phi) is 12.5. The number of carbonyl (C=O) groups is 1. The smallest absolute Gasteiger partial charge is 0.142 e. The molecule has 1 N–H and O–H groups in total. The second-order valence-corrected chi connectivity index (χ2v) is 7.24. The molecule has 3 rings (SSSR count). The van der Waals surface area contributed by atoms with Crippen molar-refractivity contribution in [3.05, 3.63) is 36.0 Å². The number of hydrogen-bond donors (Lipinski definition) is 1. The highest BCUT2D eigenvalue weighted by atomic mass is 16.2. The van der Waals surface area contributed by atoms with E-state index in [0.717, 1.165) is 43.8 Å². The molecule has 0 saturated heterocycles. The van der Waals surface area contributed by atoms with Crippen molar-refractivity contribution in [3.8, 4) is 0 Å². The molecule has 0 radical (unpaired) electrons. The Morgan fingerprint density at radius 3 is 2.29 bits per heavy atom. The quantitative estimate of drug-likeness (QED) is 0.374. The van der Waals surface area contributed by atoms with Crippen molar-refractivity contribution in [2.45, 2.75) is 73.1 Å². The van der Waals surface area contributed by atoms with Gasteiger partial charge in [0.2, 0.25) is 0 Å². The van der Waals surface area contributed by atoms with Crippen LogP contribution in [0.15, 0.2) is 36.0 Å². The zero-order valence-electron chi connectivity index (χ0n) is 16.4. The van der Waals surface area contributed by atoms with E-state index in [4.69, 9.17) is 5.11 Å². The lowest BCUT2D eigenvalue weighted by Crippen LogP contribution is -2.47. The van der Waals surface area contributed by atoms with Crippen LogP contribution in [0.1, 0.15) is 73.1 Å². The molecule has 138 valence electrons. The molecule has 24 heavy (non-hydrogen) atoms. The third-order valence-corrected chi connectivity index (χ3v) is 5.11. The minimum absolute atomic E-state index is 0.274. The second-order valence-electron chi connectivity index (χ2n) is 7.24. The molecular formula is C22H38O2. The Labute approximate surface area is 149 Å². The number of aldehydes is 1. The summed E-state index contributed by atoms with van der Waals surface area (Å²) in [7, 11) is 0. The van der Waals surface area contributed by atoms with Crippen LogP contribution in [0, 0.1) is 17.3 Å². The molecule has 0 aromatic carbocycles. The van der Waals surface area contributed by atoms with Gasteiger partial charge in [-0.05, 0) is 62.4 Å². The van der Waals surface area contributed by atoms with Gasteiger partial charge in [-0.1, -0.05) is 64.0 Å². The lowest BCUT2D eigenvalue weighted by molar-refractivity contribution is -0.104. The van der Waals surface area contributed by atoms with E-state index in [1.165, 1.54) is 18.9 Å². The fourth-order valence-electron chi connectivity index (χ4n) is 3.34. The molecule has 2 atom stereocenters. The van der Waals surface area contributed by atoms with Crippen molar-refractivity contribution in [3.63, 3.8) is 0 Å². The van der Waals surface area contributed by atoms with E-state index in [1.54, 1.807) is 5.57 Å². The molecule has 0 heterocycles. The standard InChI is InChI=1S/C10H16.C6H12O.C6H10O/c1-7-4-5-8-6-9(7)10(8,2)3;2*1-2-3-4-5-6-7/h4,8-9H,5-6H2,1-3H3;3-4,7H,2,5-6H2,1H3;4-6H,2-3H2,1H3/b;4-3-;5-4+. The highest BCUT2D eigenvalue weighted by molar-refractivity contribution is 5.64. The molecular weight excluding hydrogens is 296 g/mol. The monoisotopic (exact) mass is 334 g/mol. The minimum Gasteiger partial charge on any atom is -0.396 e. The van der Waals surface area contributed by atoms with Crippen molar-refractivity contribution in [2.75, 3.05) is 6.61 Å². The van der Waals surface area contributed by atoms with Crippen LogP contribution in [0.3, 0.4) is 0 Å². The second kappa shape index (κ2) is 13.2. The minimum atomic E-state index is 0.274. The molecule has 0 aromatic heterocycles. The fraction of sp³-hybridized carbons (Fsp3) is 0.682. The Balaban J connectivity index is 0.000000343. The number of carbonyl (C=O) groups excluding carboxylic acids is 1. The predicted molar refractivity (Wildman–Crippen MR) is 105 cm³/mol. The van der Waals surface area contributed by atoms with Crippen molar-refractivity contribution in [2.24, 2.45) is 17.3 Å². The van der Waals surface area contributed by atoms with E-state index >= 15 is 0 Å². The van der Waals surface area contributed by atoms with Gasteiger partial charge >= 0.3 is 0 Å². The maximum atomic E-state index is 9.59. The SMILES string of the molecule is CC/C=C\CCO.CC1=CCC2CC1C2(C)C.CCC/C=C/C=O. The molecule has 0 aliphatic heterocycles. The number of unbranched alkanes of at least 4 members (excludes halogenated alkanes) is 1. The van der Waals surface area contributed by atoms with Gasteiger partial charge in [-0.3, -0.25) is 4.79 Å². The first-order valence-electron chi connectivity index (χ1n) is 9.48. The first kappa shape index (κ1) is 22.9. The van der Waals surface area contributed by atoms with Gasteiger partial charge in [-0.15, -0.1) is 0 Å². The summed E-state index contributed by atoms with van der Waals surface area (Å²) in [6, 6.07) is 0. The van der Waals surface area contributed by atoms with Gasteiger partial charge in [0.05, 0.1) is 0 Å². The zero-order chi connectivity index (χ0) is 18.4. The number of aliphatic hydroxyl groups is 1. The van der Waals surface area contributed by atoms with Crippen LogP contribution >= 0.6 is 0 Å². The van der Waals surface area contributed by atoms with Gasteiger partial charge in [0.15, 0.2) is 0 Å².